The third kappa shape index (κ3) is 3.10. The van der Waals surface area contributed by atoms with E-state index in [1.165, 1.54) is 6.07 Å². The fraction of sp³-hybridized carbons (Fsp3) is 0.500. The molecule has 5 nitrogen and oxygen atoms in total. The standard InChI is InChI=1S/C10H14O5S/c1-4-8(3)16(12,13)15-9-5-7(2)14-10(11)6-9/h5-6,8H,4H2,1-3H3. The van der Waals surface area contributed by atoms with Gasteiger partial charge >= 0.3 is 15.7 Å². The van der Waals surface area contributed by atoms with Crippen molar-refractivity contribution in [3.8, 4) is 5.75 Å². The van der Waals surface area contributed by atoms with Gasteiger partial charge in [-0.3, -0.25) is 0 Å². The summed E-state index contributed by atoms with van der Waals surface area (Å²) in [6.45, 7) is 4.84. The van der Waals surface area contributed by atoms with E-state index < -0.39 is 21.0 Å². The highest BCUT2D eigenvalue weighted by Gasteiger charge is 2.21. The molecule has 0 radical (unpaired) electrons. The van der Waals surface area contributed by atoms with Crippen molar-refractivity contribution >= 4 is 10.1 Å². The Morgan fingerprint density at radius 3 is 2.56 bits per heavy atom. The van der Waals surface area contributed by atoms with Crippen LogP contribution in [-0.4, -0.2) is 13.7 Å². The van der Waals surface area contributed by atoms with Gasteiger partial charge in [0, 0.05) is 6.07 Å². The van der Waals surface area contributed by atoms with Crippen LogP contribution in [0.4, 0.5) is 0 Å². The fourth-order valence-corrected chi connectivity index (χ4v) is 1.98. The first-order valence-corrected chi connectivity index (χ1v) is 6.37. The maximum atomic E-state index is 11.6. The van der Waals surface area contributed by atoms with Crippen LogP contribution in [0.2, 0.25) is 0 Å². The van der Waals surface area contributed by atoms with Gasteiger partial charge in [-0.15, -0.1) is 0 Å². The Balaban J connectivity index is 3.01. The maximum absolute atomic E-state index is 11.6. The molecule has 6 heteroatoms. The molecule has 0 saturated heterocycles. The Bertz CT molecular complexity index is 514. The summed E-state index contributed by atoms with van der Waals surface area (Å²) in [6.07, 6.45) is 0.447. The summed E-state index contributed by atoms with van der Waals surface area (Å²) in [6, 6.07) is 2.37. The molecule has 0 aliphatic carbocycles. The van der Waals surface area contributed by atoms with Crippen molar-refractivity contribution in [3.05, 3.63) is 28.3 Å². The second-order valence-electron chi connectivity index (χ2n) is 3.52. The van der Waals surface area contributed by atoms with Crippen molar-refractivity contribution < 1.29 is 17.0 Å². The molecular formula is C10H14O5S. The van der Waals surface area contributed by atoms with Gasteiger partial charge in [0.25, 0.3) is 0 Å². The third-order valence-electron chi connectivity index (χ3n) is 2.15. The van der Waals surface area contributed by atoms with Crippen molar-refractivity contribution in [3.63, 3.8) is 0 Å². The van der Waals surface area contributed by atoms with Gasteiger partial charge in [-0.25, -0.2) is 4.79 Å². The molecule has 0 aromatic carbocycles. The zero-order chi connectivity index (χ0) is 12.3. The Morgan fingerprint density at radius 2 is 2.06 bits per heavy atom. The lowest BCUT2D eigenvalue weighted by atomic mass is 10.4. The van der Waals surface area contributed by atoms with Crippen LogP contribution in [-0.2, 0) is 10.1 Å². The average molecular weight is 246 g/mol. The number of rotatable bonds is 4. The molecular weight excluding hydrogens is 232 g/mol. The van der Waals surface area contributed by atoms with E-state index in [0.29, 0.717) is 12.2 Å². The number of hydrogen-bond donors (Lipinski definition) is 0. The molecule has 1 aromatic rings. The van der Waals surface area contributed by atoms with E-state index in [9.17, 15) is 13.2 Å². The van der Waals surface area contributed by atoms with Crippen LogP contribution in [0, 0.1) is 6.92 Å². The predicted molar refractivity (Wildman–Crippen MR) is 59.0 cm³/mol. The Morgan fingerprint density at radius 1 is 1.44 bits per heavy atom. The summed E-state index contributed by atoms with van der Waals surface area (Å²) in [5.41, 5.74) is -0.630. The molecule has 1 unspecified atom stereocenters. The molecule has 0 aliphatic heterocycles. The first-order chi connectivity index (χ1) is 7.35. The topological polar surface area (TPSA) is 73.6 Å². The molecule has 0 amide bonds. The van der Waals surface area contributed by atoms with Gasteiger partial charge in [-0.1, -0.05) is 6.92 Å². The molecule has 0 bridgehead atoms. The molecule has 16 heavy (non-hydrogen) atoms. The van der Waals surface area contributed by atoms with Gasteiger partial charge in [-0.2, -0.15) is 8.42 Å². The average Bonchev–Trinajstić information content (AvgIpc) is 2.13. The lowest BCUT2D eigenvalue weighted by Crippen LogP contribution is -2.22. The maximum Gasteiger partial charge on any atom is 0.339 e. The zero-order valence-electron chi connectivity index (χ0n) is 9.39. The minimum atomic E-state index is -3.68. The SMILES string of the molecule is CCC(C)S(=O)(=O)Oc1cc(C)oc(=O)c1. The molecule has 0 fully saturated rings. The lowest BCUT2D eigenvalue weighted by Gasteiger charge is -2.11. The van der Waals surface area contributed by atoms with E-state index in [1.54, 1.807) is 20.8 Å². The lowest BCUT2D eigenvalue weighted by molar-refractivity contribution is 0.447. The van der Waals surface area contributed by atoms with Gasteiger partial charge in [0.2, 0.25) is 0 Å². The highest BCUT2D eigenvalue weighted by Crippen LogP contribution is 2.16. The third-order valence-corrected chi connectivity index (χ3v) is 3.89. The van der Waals surface area contributed by atoms with E-state index in [-0.39, 0.29) is 5.75 Å². The highest BCUT2D eigenvalue weighted by molar-refractivity contribution is 7.87. The molecule has 1 aromatic heterocycles. The van der Waals surface area contributed by atoms with E-state index in [4.69, 9.17) is 4.18 Å². The summed E-state index contributed by atoms with van der Waals surface area (Å²) in [5.74, 6) is 0.302. The van der Waals surface area contributed by atoms with E-state index in [0.717, 1.165) is 6.07 Å². The number of aryl methyl sites for hydroxylation is 1. The fourth-order valence-electron chi connectivity index (χ4n) is 1.04. The molecule has 0 N–H and O–H groups in total. The van der Waals surface area contributed by atoms with Crippen molar-refractivity contribution in [2.45, 2.75) is 32.4 Å². The summed E-state index contributed by atoms with van der Waals surface area (Å²) >= 11 is 0. The van der Waals surface area contributed by atoms with Gasteiger partial charge in [0.1, 0.15) is 5.76 Å². The van der Waals surface area contributed by atoms with Gasteiger partial charge in [-0.05, 0) is 20.3 Å². The van der Waals surface area contributed by atoms with Crippen molar-refractivity contribution in [1.82, 2.24) is 0 Å². The first kappa shape index (κ1) is 12.8. The summed E-state index contributed by atoms with van der Waals surface area (Å²) in [4.78, 5) is 11.0. The Labute approximate surface area is 94.2 Å². The number of hydrogen-bond acceptors (Lipinski definition) is 5. The molecule has 1 rings (SSSR count). The molecule has 90 valence electrons. The molecule has 0 saturated carbocycles. The predicted octanol–water partition coefficient (Wildman–Crippen LogP) is 1.46. The van der Waals surface area contributed by atoms with E-state index in [2.05, 4.69) is 4.42 Å². The van der Waals surface area contributed by atoms with E-state index in [1.807, 2.05) is 0 Å². The van der Waals surface area contributed by atoms with Crippen LogP contribution in [0.25, 0.3) is 0 Å². The van der Waals surface area contributed by atoms with Crippen LogP contribution in [0.15, 0.2) is 21.3 Å². The molecule has 0 spiro atoms. The second-order valence-corrected chi connectivity index (χ2v) is 5.47. The Kier molecular flexibility index (Phi) is 3.74. The largest absolute Gasteiger partial charge is 0.428 e. The normalized spacial score (nSPS) is 13.4. The van der Waals surface area contributed by atoms with Gasteiger partial charge in [0.05, 0.1) is 11.3 Å². The first-order valence-electron chi connectivity index (χ1n) is 4.90. The minimum absolute atomic E-state index is 0.00551. The van der Waals surface area contributed by atoms with Crippen LogP contribution >= 0.6 is 0 Å². The quantitative estimate of drug-likeness (QED) is 0.752. The summed E-state index contributed by atoms with van der Waals surface area (Å²) < 4.78 is 32.7. The van der Waals surface area contributed by atoms with Crippen LogP contribution in [0.5, 0.6) is 5.75 Å². The van der Waals surface area contributed by atoms with Gasteiger partial charge < -0.3 is 8.60 Å². The monoisotopic (exact) mass is 246 g/mol. The van der Waals surface area contributed by atoms with Crippen LogP contribution in [0.3, 0.4) is 0 Å². The summed E-state index contributed by atoms with van der Waals surface area (Å²) in [7, 11) is -3.68. The van der Waals surface area contributed by atoms with Crippen molar-refractivity contribution in [2.24, 2.45) is 0 Å². The Hall–Kier alpha value is -1.30. The zero-order valence-corrected chi connectivity index (χ0v) is 10.2. The molecule has 1 heterocycles. The van der Waals surface area contributed by atoms with Crippen molar-refractivity contribution in [2.75, 3.05) is 0 Å². The minimum Gasteiger partial charge on any atom is -0.428 e. The molecule has 1 atom stereocenters. The smallest absolute Gasteiger partial charge is 0.339 e. The van der Waals surface area contributed by atoms with Crippen LogP contribution < -0.4 is 9.81 Å². The second kappa shape index (κ2) is 4.69. The highest BCUT2D eigenvalue weighted by atomic mass is 32.2. The van der Waals surface area contributed by atoms with Gasteiger partial charge in [0.15, 0.2) is 5.75 Å². The molecule has 0 aliphatic rings. The summed E-state index contributed by atoms with van der Waals surface area (Å²) in [5, 5.41) is -0.611. The van der Waals surface area contributed by atoms with Crippen LogP contribution in [0.1, 0.15) is 26.0 Å². The van der Waals surface area contributed by atoms with E-state index >= 15 is 0 Å². The van der Waals surface area contributed by atoms with Crippen molar-refractivity contribution in [1.29, 1.82) is 0 Å².